The number of aliphatic carboxylic acids is 1. The minimum absolute atomic E-state index is 0.000868. The molecule has 0 bridgehead atoms. The van der Waals surface area contributed by atoms with Crippen molar-refractivity contribution in [1.29, 1.82) is 0 Å². The van der Waals surface area contributed by atoms with Crippen LogP contribution in [0.4, 0.5) is 0 Å². The Morgan fingerprint density at radius 1 is 1.23 bits per heavy atom. The van der Waals surface area contributed by atoms with Crippen molar-refractivity contribution in [3.05, 3.63) is 24.8 Å². The zero-order valence-electron chi connectivity index (χ0n) is 7.58. The largest absolute Gasteiger partial charge is 0.478 e. The van der Waals surface area contributed by atoms with Crippen LogP contribution >= 0.6 is 0 Å². The van der Waals surface area contributed by atoms with Crippen LogP contribution in [0.3, 0.4) is 0 Å². The molecule has 0 unspecified atom stereocenters. The van der Waals surface area contributed by atoms with E-state index in [1.807, 2.05) is 0 Å². The Balaban J connectivity index is 3.46. The summed E-state index contributed by atoms with van der Waals surface area (Å²) in [6, 6.07) is 0. The zero-order valence-corrected chi connectivity index (χ0v) is 7.58. The number of hydrogen-bond donors (Lipinski definition) is 1. The lowest BCUT2D eigenvalue weighted by atomic mass is 10.1. The maximum atomic E-state index is 10.7. The first-order valence-corrected chi connectivity index (χ1v) is 4.14. The topological polar surface area (TPSA) is 54.4 Å². The molecule has 0 aliphatic heterocycles. The third-order valence-electron chi connectivity index (χ3n) is 1.68. The van der Waals surface area contributed by atoms with Crippen LogP contribution in [0.1, 0.15) is 25.7 Å². The molecule has 0 heterocycles. The Morgan fingerprint density at radius 2 is 1.77 bits per heavy atom. The predicted octanol–water partition coefficient (Wildman–Crippen LogP) is 1.94. The maximum absolute atomic E-state index is 10.7. The minimum atomic E-state index is -0.963. The number of ketones is 1. The fourth-order valence-electron chi connectivity index (χ4n) is 0.847. The fourth-order valence-corrected chi connectivity index (χ4v) is 0.847. The molecule has 0 aromatic heterocycles. The second kappa shape index (κ2) is 6.17. The van der Waals surface area contributed by atoms with E-state index in [-0.39, 0.29) is 11.4 Å². The average Bonchev–Trinajstić information content (AvgIpc) is 2.11. The molecule has 0 amide bonds. The van der Waals surface area contributed by atoms with Crippen molar-refractivity contribution in [1.82, 2.24) is 0 Å². The summed E-state index contributed by atoms with van der Waals surface area (Å²) in [7, 11) is 0. The van der Waals surface area contributed by atoms with Crippen LogP contribution in [0.5, 0.6) is 0 Å². The standard InChI is InChI=1S/C10H14O3/c1-3-9(11)7-5-4-6-8(2)10(12)13/h3H,1-2,4-7H2,(H,12,13). The molecule has 0 fully saturated rings. The minimum Gasteiger partial charge on any atom is -0.478 e. The molecule has 3 nitrogen and oxygen atoms in total. The van der Waals surface area contributed by atoms with Crippen LogP contribution in [0.15, 0.2) is 24.8 Å². The van der Waals surface area contributed by atoms with Gasteiger partial charge in [0.2, 0.25) is 0 Å². The Morgan fingerprint density at radius 3 is 2.23 bits per heavy atom. The number of rotatable bonds is 7. The number of carboxylic acids is 1. The summed E-state index contributed by atoms with van der Waals surface area (Å²) in [5.41, 5.74) is 0.200. The van der Waals surface area contributed by atoms with Gasteiger partial charge in [-0.15, -0.1) is 0 Å². The van der Waals surface area contributed by atoms with Gasteiger partial charge < -0.3 is 5.11 Å². The average molecular weight is 182 g/mol. The molecule has 0 spiro atoms. The molecular weight excluding hydrogens is 168 g/mol. The molecule has 0 aromatic rings. The molecule has 72 valence electrons. The summed E-state index contributed by atoms with van der Waals surface area (Å²) in [6.07, 6.45) is 3.55. The molecule has 0 rings (SSSR count). The van der Waals surface area contributed by atoms with E-state index in [0.717, 1.165) is 0 Å². The highest BCUT2D eigenvalue weighted by Gasteiger charge is 2.03. The quantitative estimate of drug-likeness (QED) is 0.483. The van der Waals surface area contributed by atoms with Gasteiger partial charge in [-0.2, -0.15) is 0 Å². The van der Waals surface area contributed by atoms with E-state index in [0.29, 0.717) is 25.7 Å². The van der Waals surface area contributed by atoms with E-state index < -0.39 is 5.97 Å². The normalized spacial score (nSPS) is 9.23. The summed E-state index contributed by atoms with van der Waals surface area (Å²) in [6.45, 7) is 6.73. The van der Waals surface area contributed by atoms with Crippen molar-refractivity contribution in [2.45, 2.75) is 25.7 Å². The molecule has 0 saturated heterocycles. The highest BCUT2D eigenvalue weighted by molar-refractivity contribution is 5.89. The second-order valence-electron chi connectivity index (χ2n) is 2.79. The van der Waals surface area contributed by atoms with Gasteiger partial charge in [0.05, 0.1) is 0 Å². The fraction of sp³-hybridized carbons (Fsp3) is 0.400. The van der Waals surface area contributed by atoms with Crippen LogP contribution in [0.2, 0.25) is 0 Å². The van der Waals surface area contributed by atoms with Crippen molar-refractivity contribution in [2.75, 3.05) is 0 Å². The van der Waals surface area contributed by atoms with Crippen molar-refractivity contribution in [2.24, 2.45) is 0 Å². The summed E-state index contributed by atoms with van der Waals surface area (Å²) in [4.78, 5) is 21.0. The third-order valence-corrected chi connectivity index (χ3v) is 1.68. The molecule has 3 heteroatoms. The van der Waals surface area contributed by atoms with Gasteiger partial charge in [0.1, 0.15) is 0 Å². The van der Waals surface area contributed by atoms with Gasteiger partial charge in [0, 0.05) is 12.0 Å². The van der Waals surface area contributed by atoms with E-state index in [1.165, 1.54) is 6.08 Å². The molecule has 0 atom stereocenters. The van der Waals surface area contributed by atoms with Crippen LogP contribution < -0.4 is 0 Å². The molecule has 0 aromatic carbocycles. The van der Waals surface area contributed by atoms with Gasteiger partial charge in [-0.1, -0.05) is 13.2 Å². The summed E-state index contributed by atoms with van der Waals surface area (Å²) >= 11 is 0. The van der Waals surface area contributed by atoms with Gasteiger partial charge in [0.25, 0.3) is 0 Å². The van der Waals surface area contributed by atoms with Crippen molar-refractivity contribution >= 4 is 11.8 Å². The first-order valence-electron chi connectivity index (χ1n) is 4.14. The zero-order chi connectivity index (χ0) is 10.3. The van der Waals surface area contributed by atoms with Gasteiger partial charge in [-0.3, -0.25) is 4.79 Å². The Kier molecular flexibility index (Phi) is 5.52. The summed E-state index contributed by atoms with van der Waals surface area (Å²) < 4.78 is 0. The Hall–Kier alpha value is -1.38. The van der Waals surface area contributed by atoms with Gasteiger partial charge in [-0.05, 0) is 25.3 Å². The lowest BCUT2D eigenvalue weighted by molar-refractivity contribution is -0.132. The number of carbonyl (C=O) groups excluding carboxylic acids is 1. The predicted molar refractivity (Wildman–Crippen MR) is 50.4 cm³/mol. The molecule has 0 aliphatic rings. The van der Waals surface area contributed by atoms with Gasteiger partial charge in [0.15, 0.2) is 5.78 Å². The number of allylic oxidation sites excluding steroid dienone is 1. The number of carbonyl (C=O) groups is 2. The van der Waals surface area contributed by atoms with E-state index in [4.69, 9.17) is 5.11 Å². The van der Waals surface area contributed by atoms with Crippen molar-refractivity contribution in [3.63, 3.8) is 0 Å². The summed E-state index contributed by atoms with van der Waals surface area (Å²) in [5, 5.41) is 8.45. The van der Waals surface area contributed by atoms with Gasteiger partial charge >= 0.3 is 5.97 Å². The smallest absolute Gasteiger partial charge is 0.330 e. The molecule has 1 N–H and O–H groups in total. The SMILES string of the molecule is C=CC(=O)CCCCC(=C)C(=O)O. The number of unbranched alkanes of at least 4 members (excludes halogenated alkanes) is 1. The number of hydrogen-bond acceptors (Lipinski definition) is 2. The maximum Gasteiger partial charge on any atom is 0.330 e. The highest BCUT2D eigenvalue weighted by atomic mass is 16.4. The molecular formula is C10H14O3. The summed E-state index contributed by atoms with van der Waals surface area (Å²) in [5.74, 6) is -0.962. The van der Waals surface area contributed by atoms with Crippen LogP contribution in [-0.4, -0.2) is 16.9 Å². The van der Waals surface area contributed by atoms with Crippen molar-refractivity contribution in [3.8, 4) is 0 Å². The van der Waals surface area contributed by atoms with Crippen LogP contribution in [0.25, 0.3) is 0 Å². The molecule has 0 radical (unpaired) electrons. The van der Waals surface area contributed by atoms with Crippen LogP contribution in [0, 0.1) is 0 Å². The van der Waals surface area contributed by atoms with Gasteiger partial charge in [-0.25, -0.2) is 4.79 Å². The molecule has 13 heavy (non-hydrogen) atoms. The Bertz CT molecular complexity index is 228. The monoisotopic (exact) mass is 182 g/mol. The second-order valence-corrected chi connectivity index (χ2v) is 2.79. The van der Waals surface area contributed by atoms with E-state index in [1.54, 1.807) is 0 Å². The lowest BCUT2D eigenvalue weighted by Gasteiger charge is -1.98. The van der Waals surface area contributed by atoms with Crippen LogP contribution in [-0.2, 0) is 9.59 Å². The molecule has 0 saturated carbocycles. The van der Waals surface area contributed by atoms with Crippen molar-refractivity contribution < 1.29 is 14.7 Å². The first-order chi connectivity index (χ1) is 6.07. The van der Waals surface area contributed by atoms with E-state index >= 15 is 0 Å². The lowest BCUT2D eigenvalue weighted by Crippen LogP contribution is -1.99. The Labute approximate surface area is 77.8 Å². The van der Waals surface area contributed by atoms with E-state index in [9.17, 15) is 9.59 Å². The van der Waals surface area contributed by atoms with E-state index in [2.05, 4.69) is 13.2 Å². The number of carboxylic acid groups (broad SMARTS) is 1. The first kappa shape index (κ1) is 11.6. The third kappa shape index (κ3) is 5.84. The highest BCUT2D eigenvalue weighted by Crippen LogP contribution is 2.07. The molecule has 0 aliphatic carbocycles.